The average Bonchev–Trinajstić information content (AvgIpc) is 2.75. The highest BCUT2D eigenvalue weighted by Gasteiger charge is 2.15. The van der Waals surface area contributed by atoms with Crippen molar-refractivity contribution in [3.8, 4) is 0 Å². The van der Waals surface area contributed by atoms with Gasteiger partial charge in [0.15, 0.2) is 0 Å². The number of rotatable bonds is 4. The maximum absolute atomic E-state index is 13.3. The Labute approximate surface area is 111 Å². The summed E-state index contributed by atoms with van der Waals surface area (Å²) in [6, 6.07) is 5.03. The third-order valence-corrected chi connectivity index (χ3v) is 4.00. The van der Waals surface area contributed by atoms with Gasteiger partial charge in [0.05, 0.1) is 5.01 Å². The van der Waals surface area contributed by atoms with Crippen molar-refractivity contribution in [3.63, 3.8) is 0 Å². The van der Waals surface area contributed by atoms with Gasteiger partial charge in [0.25, 0.3) is 0 Å². The van der Waals surface area contributed by atoms with Crippen LogP contribution in [-0.4, -0.2) is 12.0 Å². The summed E-state index contributed by atoms with van der Waals surface area (Å²) in [6.07, 6.45) is 0.791. The number of thiazole rings is 1. The molecule has 2 rings (SSSR count). The van der Waals surface area contributed by atoms with Gasteiger partial charge in [-0.2, -0.15) is 0 Å². The third-order valence-electron chi connectivity index (χ3n) is 3.01. The largest absolute Gasteiger partial charge is 0.313 e. The SMILES string of the molecule is CNC(Cc1nc(C)cs1)c1cc(F)ccc1C. The number of nitrogens with zero attached hydrogens (tertiary/aromatic N) is 1. The molecule has 2 aromatic rings. The lowest BCUT2D eigenvalue weighted by Gasteiger charge is -2.17. The van der Waals surface area contributed by atoms with Gasteiger partial charge in [-0.1, -0.05) is 6.07 Å². The van der Waals surface area contributed by atoms with Crippen LogP contribution in [0.25, 0.3) is 0 Å². The van der Waals surface area contributed by atoms with Gasteiger partial charge < -0.3 is 5.32 Å². The second kappa shape index (κ2) is 5.59. The molecule has 1 N–H and O–H groups in total. The lowest BCUT2D eigenvalue weighted by molar-refractivity contribution is 0.572. The van der Waals surface area contributed by atoms with Crippen LogP contribution < -0.4 is 5.32 Å². The Balaban J connectivity index is 2.25. The summed E-state index contributed by atoms with van der Waals surface area (Å²) in [6.45, 7) is 3.99. The highest BCUT2D eigenvalue weighted by Crippen LogP contribution is 2.23. The van der Waals surface area contributed by atoms with Gasteiger partial charge in [0.1, 0.15) is 5.82 Å². The minimum atomic E-state index is -0.189. The van der Waals surface area contributed by atoms with E-state index in [1.807, 2.05) is 32.3 Å². The maximum Gasteiger partial charge on any atom is 0.123 e. The van der Waals surface area contributed by atoms with E-state index in [-0.39, 0.29) is 11.9 Å². The van der Waals surface area contributed by atoms with Crippen LogP contribution in [0.4, 0.5) is 4.39 Å². The van der Waals surface area contributed by atoms with Gasteiger partial charge >= 0.3 is 0 Å². The molecular weight excluding hydrogens is 247 g/mol. The maximum atomic E-state index is 13.3. The van der Waals surface area contributed by atoms with Crippen molar-refractivity contribution in [3.05, 3.63) is 51.2 Å². The van der Waals surface area contributed by atoms with Crippen LogP contribution in [0, 0.1) is 19.7 Å². The summed E-state index contributed by atoms with van der Waals surface area (Å²) in [5.74, 6) is -0.189. The van der Waals surface area contributed by atoms with E-state index in [1.165, 1.54) is 6.07 Å². The quantitative estimate of drug-likeness (QED) is 0.915. The number of aryl methyl sites for hydroxylation is 2. The number of hydrogen-bond donors (Lipinski definition) is 1. The molecule has 1 atom stereocenters. The van der Waals surface area contributed by atoms with Crippen LogP contribution >= 0.6 is 11.3 Å². The number of nitrogens with one attached hydrogen (secondary N) is 1. The number of aromatic nitrogens is 1. The summed E-state index contributed by atoms with van der Waals surface area (Å²) in [5.41, 5.74) is 3.15. The van der Waals surface area contributed by atoms with E-state index >= 15 is 0 Å². The highest BCUT2D eigenvalue weighted by molar-refractivity contribution is 7.09. The Hall–Kier alpha value is -1.26. The molecule has 1 aromatic carbocycles. The highest BCUT2D eigenvalue weighted by atomic mass is 32.1. The van der Waals surface area contributed by atoms with E-state index < -0.39 is 0 Å². The van der Waals surface area contributed by atoms with Gasteiger partial charge in [-0.3, -0.25) is 0 Å². The lowest BCUT2D eigenvalue weighted by Crippen LogP contribution is -2.20. The van der Waals surface area contributed by atoms with Crippen molar-refractivity contribution in [2.45, 2.75) is 26.3 Å². The zero-order valence-electron chi connectivity index (χ0n) is 10.8. The molecule has 0 amide bonds. The Kier molecular flexibility index (Phi) is 4.09. The summed E-state index contributed by atoms with van der Waals surface area (Å²) in [5, 5.41) is 6.37. The van der Waals surface area contributed by atoms with E-state index in [9.17, 15) is 4.39 Å². The second-order valence-electron chi connectivity index (χ2n) is 4.43. The molecule has 0 radical (unpaired) electrons. The Morgan fingerprint density at radius 1 is 1.39 bits per heavy atom. The Morgan fingerprint density at radius 2 is 2.17 bits per heavy atom. The first-order chi connectivity index (χ1) is 8.60. The molecule has 0 spiro atoms. The zero-order valence-corrected chi connectivity index (χ0v) is 11.6. The first-order valence-corrected chi connectivity index (χ1v) is 6.82. The van der Waals surface area contributed by atoms with Gasteiger partial charge in [-0.15, -0.1) is 11.3 Å². The zero-order chi connectivity index (χ0) is 13.1. The minimum Gasteiger partial charge on any atom is -0.313 e. The molecule has 1 unspecified atom stereocenters. The van der Waals surface area contributed by atoms with Crippen LogP contribution in [0.1, 0.15) is 27.9 Å². The number of hydrogen-bond acceptors (Lipinski definition) is 3. The molecule has 1 aromatic heterocycles. The van der Waals surface area contributed by atoms with E-state index in [4.69, 9.17) is 0 Å². The Bertz CT molecular complexity index is 536. The number of likely N-dealkylation sites (N-methyl/N-ethyl adjacent to an activating group) is 1. The van der Waals surface area contributed by atoms with Crippen molar-refractivity contribution >= 4 is 11.3 Å². The van der Waals surface area contributed by atoms with E-state index in [0.717, 1.165) is 28.2 Å². The summed E-state index contributed by atoms with van der Waals surface area (Å²) < 4.78 is 13.3. The molecule has 0 saturated heterocycles. The van der Waals surface area contributed by atoms with Gasteiger partial charge in [0, 0.05) is 23.5 Å². The van der Waals surface area contributed by atoms with Crippen molar-refractivity contribution in [2.75, 3.05) is 7.05 Å². The summed E-state index contributed by atoms with van der Waals surface area (Å²) in [4.78, 5) is 4.46. The fourth-order valence-corrected chi connectivity index (χ4v) is 2.84. The monoisotopic (exact) mass is 264 g/mol. The van der Waals surface area contributed by atoms with Crippen molar-refractivity contribution in [1.29, 1.82) is 0 Å². The molecule has 1 heterocycles. The fraction of sp³-hybridized carbons (Fsp3) is 0.357. The van der Waals surface area contributed by atoms with E-state index in [2.05, 4.69) is 10.3 Å². The number of benzene rings is 1. The fourth-order valence-electron chi connectivity index (χ4n) is 2.03. The van der Waals surface area contributed by atoms with Crippen LogP contribution in [0.2, 0.25) is 0 Å². The molecule has 2 nitrogen and oxygen atoms in total. The standard InChI is InChI=1S/C14H17FN2S/c1-9-4-5-11(15)6-12(9)13(16-3)7-14-17-10(2)8-18-14/h4-6,8,13,16H,7H2,1-3H3. The smallest absolute Gasteiger partial charge is 0.123 e. The van der Waals surface area contributed by atoms with Crippen LogP contribution in [-0.2, 0) is 6.42 Å². The van der Waals surface area contributed by atoms with Crippen LogP contribution in [0.3, 0.4) is 0 Å². The molecule has 0 bridgehead atoms. The van der Waals surface area contributed by atoms with Crippen LogP contribution in [0.5, 0.6) is 0 Å². The van der Waals surface area contributed by atoms with Gasteiger partial charge in [-0.25, -0.2) is 9.37 Å². The average molecular weight is 264 g/mol. The third kappa shape index (κ3) is 2.94. The molecule has 0 aliphatic heterocycles. The molecule has 0 fully saturated rings. The Morgan fingerprint density at radius 3 is 2.78 bits per heavy atom. The summed E-state index contributed by atoms with van der Waals surface area (Å²) in [7, 11) is 1.90. The van der Waals surface area contributed by atoms with Gasteiger partial charge in [0.2, 0.25) is 0 Å². The molecule has 96 valence electrons. The predicted octanol–water partition coefficient (Wildman–Crippen LogP) is 3.40. The topological polar surface area (TPSA) is 24.9 Å². The van der Waals surface area contributed by atoms with Crippen molar-refractivity contribution < 1.29 is 4.39 Å². The second-order valence-corrected chi connectivity index (χ2v) is 5.37. The van der Waals surface area contributed by atoms with Crippen molar-refractivity contribution in [2.24, 2.45) is 0 Å². The lowest BCUT2D eigenvalue weighted by atomic mass is 9.99. The molecule has 4 heteroatoms. The molecule has 0 aliphatic carbocycles. The molecular formula is C14H17FN2S. The minimum absolute atomic E-state index is 0.103. The van der Waals surface area contributed by atoms with Crippen LogP contribution in [0.15, 0.2) is 23.6 Å². The molecule has 18 heavy (non-hydrogen) atoms. The molecule has 0 aliphatic rings. The van der Waals surface area contributed by atoms with E-state index in [0.29, 0.717) is 0 Å². The first kappa shape index (κ1) is 13.2. The number of halogens is 1. The first-order valence-electron chi connectivity index (χ1n) is 5.94. The molecule has 0 saturated carbocycles. The summed E-state index contributed by atoms with van der Waals surface area (Å²) >= 11 is 1.65. The normalized spacial score (nSPS) is 12.7. The van der Waals surface area contributed by atoms with Gasteiger partial charge in [-0.05, 0) is 44.2 Å². The van der Waals surface area contributed by atoms with Crippen molar-refractivity contribution in [1.82, 2.24) is 10.3 Å². The predicted molar refractivity (Wildman–Crippen MR) is 73.5 cm³/mol. The van der Waals surface area contributed by atoms with E-state index in [1.54, 1.807) is 17.4 Å².